The minimum Gasteiger partial charge on any atom is -0.507 e. The Labute approximate surface area is 240 Å². The molecule has 0 spiro atoms. The van der Waals surface area contributed by atoms with E-state index in [0.29, 0.717) is 64.6 Å². The molecule has 1 N–H and O–H groups in total. The van der Waals surface area contributed by atoms with Crippen LogP contribution in [-0.2, 0) is 9.59 Å². The first-order chi connectivity index (χ1) is 20.0. The largest absolute Gasteiger partial charge is 0.507 e. The number of aliphatic hydroxyl groups excluding tert-OH is 1. The summed E-state index contributed by atoms with van der Waals surface area (Å²) in [6.07, 6.45) is 1.94. The Kier molecular flexibility index (Phi) is 7.23. The molecule has 3 heterocycles. The van der Waals surface area contributed by atoms with E-state index in [-0.39, 0.29) is 11.3 Å². The number of anilines is 1. The molecule has 41 heavy (non-hydrogen) atoms. The normalized spacial score (nSPS) is 17.7. The maximum atomic E-state index is 13.6. The number of amides is 1. The monoisotopic (exact) mass is 572 g/mol. The number of thiazole rings is 1. The molecule has 9 nitrogen and oxygen atoms in total. The number of ether oxygens (including phenoxy) is 4. The van der Waals surface area contributed by atoms with Crippen molar-refractivity contribution in [2.24, 2.45) is 0 Å². The van der Waals surface area contributed by atoms with E-state index in [1.807, 2.05) is 6.07 Å². The number of nitrogens with zero attached hydrogens (tertiary/aromatic N) is 2. The number of hydrogen-bond donors (Lipinski definition) is 1. The van der Waals surface area contributed by atoms with E-state index in [1.54, 1.807) is 61.7 Å². The number of carbonyl (C=O) groups is 2. The lowest BCUT2D eigenvalue weighted by Gasteiger charge is -2.23. The first-order valence-electron chi connectivity index (χ1n) is 13.4. The second kappa shape index (κ2) is 11.1. The second-order valence-electron chi connectivity index (χ2n) is 9.63. The number of unbranched alkanes of at least 4 members (excludes halogenated alkanes) is 1. The van der Waals surface area contributed by atoms with Crippen molar-refractivity contribution in [1.82, 2.24) is 4.98 Å². The van der Waals surface area contributed by atoms with Gasteiger partial charge in [-0.1, -0.05) is 36.8 Å². The third-order valence-electron chi connectivity index (χ3n) is 7.01. The SMILES string of the molecule is CCCCOc1ccc([C@H]2/C(=C(\O)c3ccc4c(c3)OCCO4)C(=O)C(=O)N2c2nc3ccc(OC)cc3s2)cc1. The molecule has 4 aromatic rings. The van der Waals surface area contributed by atoms with E-state index >= 15 is 0 Å². The molecule has 1 amide bonds. The Balaban J connectivity index is 1.47. The van der Waals surface area contributed by atoms with Crippen molar-refractivity contribution in [2.45, 2.75) is 25.8 Å². The predicted octanol–water partition coefficient (Wildman–Crippen LogP) is 5.88. The highest BCUT2D eigenvalue weighted by molar-refractivity contribution is 7.22. The van der Waals surface area contributed by atoms with Crippen LogP contribution in [0.1, 0.15) is 36.9 Å². The topological polar surface area (TPSA) is 107 Å². The van der Waals surface area contributed by atoms with E-state index in [2.05, 4.69) is 11.9 Å². The van der Waals surface area contributed by atoms with Gasteiger partial charge in [-0.3, -0.25) is 14.5 Å². The van der Waals surface area contributed by atoms with Gasteiger partial charge in [0, 0.05) is 5.56 Å². The number of hydrogen-bond acceptors (Lipinski definition) is 9. The summed E-state index contributed by atoms with van der Waals surface area (Å²) in [4.78, 5) is 33.2. The van der Waals surface area contributed by atoms with Gasteiger partial charge in [0.15, 0.2) is 16.6 Å². The lowest BCUT2D eigenvalue weighted by Crippen LogP contribution is -2.29. The highest BCUT2D eigenvalue weighted by Crippen LogP contribution is 2.45. The highest BCUT2D eigenvalue weighted by atomic mass is 32.1. The van der Waals surface area contributed by atoms with Gasteiger partial charge < -0.3 is 24.1 Å². The number of aromatic nitrogens is 1. The van der Waals surface area contributed by atoms with Gasteiger partial charge in [0.05, 0.1) is 35.5 Å². The Morgan fingerprint density at radius 3 is 2.54 bits per heavy atom. The Hall–Kier alpha value is -4.57. The van der Waals surface area contributed by atoms with Crippen molar-refractivity contribution in [3.63, 3.8) is 0 Å². The van der Waals surface area contributed by atoms with Crippen LogP contribution >= 0.6 is 11.3 Å². The van der Waals surface area contributed by atoms with E-state index in [0.717, 1.165) is 17.5 Å². The van der Waals surface area contributed by atoms with Crippen molar-refractivity contribution in [3.05, 3.63) is 77.4 Å². The molecule has 6 rings (SSSR count). The molecular formula is C31H28N2O7S. The molecule has 0 aliphatic carbocycles. The average Bonchev–Trinajstić information content (AvgIpc) is 3.54. The van der Waals surface area contributed by atoms with Gasteiger partial charge >= 0.3 is 5.91 Å². The van der Waals surface area contributed by atoms with Gasteiger partial charge in [0.25, 0.3) is 5.78 Å². The fraction of sp³-hybridized carbons (Fsp3) is 0.258. The van der Waals surface area contributed by atoms with Crippen LogP contribution < -0.4 is 23.8 Å². The molecule has 1 aromatic heterocycles. The Bertz CT molecular complexity index is 1660. The highest BCUT2D eigenvalue weighted by Gasteiger charge is 2.48. The van der Waals surface area contributed by atoms with Crippen molar-refractivity contribution in [3.8, 4) is 23.0 Å². The number of aliphatic hydroxyl groups is 1. The number of ketones is 1. The number of methoxy groups -OCH3 is 1. The van der Waals surface area contributed by atoms with E-state index in [4.69, 9.17) is 18.9 Å². The molecule has 0 unspecified atom stereocenters. The zero-order chi connectivity index (χ0) is 28.5. The molecule has 1 saturated heterocycles. The van der Waals surface area contributed by atoms with E-state index in [1.165, 1.54) is 16.2 Å². The number of carbonyl (C=O) groups excluding carboxylic acids is 2. The minimum atomic E-state index is -0.921. The van der Waals surface area contributed by atoms with Gasteiger partial charge in [-0.2, -0.15) is 0 Å². The van der Waals surface area contributed by atoms with Crippen LogP contribution in [0.25, 0.3) is 16.0 Å². The van der Waals surface area contributed by atoms with Gasteiger partial charge in [-0.15, -0.1) is 0 Å². The smallest absolute Gasteiger partial charge is 0.301 e. The van der Waals surface area contributed by atoms with E-state index in [9.17, 15) is 14.7 Å². The summed E-state index contributed by atoms with van der Waals surface area (Å²) in [6, 6.07) is 16.7. The molecule has 210 valence electrons. The van der Waals surface area contributed by atoms with Crippen molar-refractivity contribution in [2.75, 3.05) is 31.8 Å². The Morgan fingerprint density at radius 1 is 1.02 bits per heavy atom. The summed E-state index contributed by atoms with van der Waals surface area (Å²) in [5, 5.41) is 11.9. The lowest BCUT2D eigenvalue weighted by molar-refractivity contribution is -0.132. The summed E-state index contributed by atoms with van der Waals surface area (Å²) in [7, 11) is 1.58. The molecule has 10 heteroatoms. The van der Waals surface area contributed by atoms with Crippen LogP contribution in [0, 0.1) is 0 Å². The predicted molar refractivity (Wildman–Crippen MR) is 155 cm³/mol. The standard InChI is InChI=1S/C31H28N2O7S/c1-3-4-13-38-20-8-5-18(6-9-20)27-26(28(34)19-7-12-23-24(16-19)40-15-14-39-23)29(35)30(36)33(27)31-32-22-11-10-21(37-2)17-25(22)41-31/h5-12,16-17,27,34H,3-4,13-15H2,1-2H3/b28-26+/t27-/m0/s1. The third-order valence-corrected chi connectivity index (χ3v) is 8.03. The molecule has 0 bridgehead atoms. The number of fused-ring (bicyclic) bond motifs is 2. The maximum Gasteiger partial charge on any atom is 0.301 e. The van der Waals surface area contributed by atoms with Crippen LogP contribution in [0.4, 0.5) is 5.13 Å². The summed E-state index contributed by atoms with van der Waals surface area (Å²) in [6.45, 7) is 3.48. The maximum absolute atomic E-state index is 13.6. The zero-order valence-corrected chi connectivity index (χ0v) is 23.4. The molecule has 3 aromatic carbocycles. The summed E-state index contributed by atoms with van der Waals surface area (Å²) in [5.41, 5.74) is 1.59. The summed E-state index contributed by atoms with van der Waals surface area (Å²) < 4.78 is 23.2. The quantitative estimate of drug-likeness (QED) is 0.121. The van der Waals surface area contributed by atoms with Crippen LogP contribution in [0.3, 0.4) is 0 Å². The molecule has 1 fully saturated rings. The first-order valence-corrected chi connectivity index (χ1v) is 14.2. The third kappa shape index (κ3) is 4.95. The molecule has 2 aliphatic rings. The van der Waals surface area contributed by atoms with Gasteiger partial charge in [0.2, 0.25) is 0 Å². The molecular weight excluding hydrogens is 544 g/mol. The number of rotatable bonds is 8. The van der Waals surface area contributed by atoms with Crippen LogP contribution in [0.15, 0.2) is 66.2 Å². The van der Waals surface area contributed by atoms with Crippen LogP contribution in [0.5, 0.6) is 23.0 Å². The molecule has 0 radical (unpaired) electrons. The van der Waals surface area contributed by atoms with Crippen molar-refractivity contribution >= 4 is 44.1 Å². The van der Waals surface area contributed by atoms with Crippen molar-refractivity contribution < 1.29 is 33.6 Å². The molecule has 0 saturated carbocycles. The van der Waals surface area contributed by atoms with Gasteiger partial charge in [-0.25, -0.2) is 4.98 Å². The number of Topliss-reactive ketones (excluding diaryl/α,β-unsaturated/α-hetero) is 1. The second-order valence-corrected chi connectivity index (χ2v) is 10.6. The van der Waals surface area contributed by atoms with Crippen LogP contribution in [0.2, 0.25) is 0 Å². The minimum absolute atomic E-state index is 0.0387. The first kappa shape index (κ1) is 26.6. The number of benzene rings is 3. The average molecular weight is 573 g/mol. The Morgan fingerprint density at radius 2 is 1.78 bits per heavy atom. The van der Waals surface area contributed by atoms with Crippen molar-refractivity contribution in [1.29, 1.82) is 0 Å². The zero-order valence-electron chi connectivity index (χ0n) is 22.6. The van der Waals surface area contributed by atoms with Gasteiger partial charge in [0.1, 0.15) is 30.5 Å². The van der Waals surface area contributed by atoms with E-state index < -0.39 is 17.7 Å². The van der Waals surface area contributed by atoms with Gasteiger partial charge in [-0.05, 0) is 60.5 Å². The van der Waals surface area contributed by atoms with Crippen LogP contribution in [-0.4, -0.2) is 48.7 Å². The fourth-order valence-electron chi connectivity index (χ4n) is 4.89. The molecule has 2 aliphatic heterocycles. The fourth-order valence-corrected chi connectivity index (χ4v) is 5.92. The summed E-state index contributed by atoms with van der Waals surface area (Å²) >= 11 is 1.27. The molecule has 1 atom stereocenters. The summed E-state index contributed by atoms with van der Waals surface area (Å²) in [5.74, 6) is 0.458. The lowest BCUT2D eigenvalue weighted by atomic mass is 9.95.